The predicted octanol–water partition coefficient (Wildman–Crippen LogP) is 3.46. The molecule has 20 heavy (non-hydrogen) atoms. The average Bonchev–Trinajstić information content (AvgIpc) is 2.78. The lowest BCUT2D eigenvalue weighted by Crippen LogP contribution is -2.12. The van der Waals surface area contributed by atoms with Crippen LogP contribution in [0.25, 0.3) is 0 Å². The van der Waals surface area contributed by atoms with Crippen LogP contribution in [0.2, 0.25) is 0 Å². The molecule has 2 aromatic rings. The monoisotopic (exact) mass is 282 g/mol. The standard InChI is InChI=1S/C14H13F3N2O/c1-3-19-12(7-9(2)18-19)13(20)10-5-4-6-11(8-10)14(15,16)17/h4-8H,3H2,1-2H3. The Kier molecular flexibility index (Phi) is 3.65. The van der Waals surface area contributed by atoms with Crippen molar-refractivity contribution in [1.82, 2.24) is 9.78 Å². The molecule has 0 atom stereocenters. The quantitative estimate of drug-likeness (QED) is 0.808. The molecule has 0 saturated carbocycles. The van der Waals surface area contributed by atoms with E-state index in [0.29, 0.717) is 17.9 Å². The van der Waals surface area contributed by atoms with Gasteiger partial charge in [-0.1, -0.05) is 12.1 Å². The van der Waals surface area contributed by atoms with E-state index in [1.54, 1.807) is 13.0 Å². The number of aryl methyl sites for hydroxylation is 2. The van der Waals surface area contributed by atoms with E-state index in [1.807, 2.05) is 6.92 Å². The summed E-state index contributed by atoms with van der Waals surface area (Å²) in [6.45, 7) is 4.03. The number of carbonyl (C=O) groups excluding carboxylic acids is 1. The van der Waals surface area contributed by atoms with E-state index in [1.165, 1.54) is 16.8 Å². The van der Waals surface area contributed by atoms with Crippen molar-refractivity contribution in [3.8, 4) is 0 Å². The molecule has 106 valence electrons. The molecular formula is C14H13F3N2O. The predicted molar refractivity (Wildman–Crippen MR) is 67.5 cm³/mol. The first-order valence-electron chi connectivity index (χ1n) is 6.09. The van der Waals surface area contributed by atoms with Gasteiger partial charge in [-0.25, -0.2) is 0 Å². The van der Waals surface area contributed by atoms with Gasteiger partial charge >= 0.3 is 6.18 Å². The second-order valence-electron chi connectivity index (χ2n) is 4.39. The van der Waals surface area contributed by atoms with Crippen LogP contribution in [0, 0.1) is 6.92 Å². The Morgan fingerprint density at radius 3 is 2.60 bits per heavy atom. The Balaban J connectivity index is 2.43. The normalized spacial score (nSPS) is 11.7. The molecular weight excluding hydrogens is 269 g/mol. The Morgan fingerprint density at radius 1 is 1.30 bits per heavy atom. The van der Waals surface area contributed by atoms with Gasteiger partial charge in [0.15, 0.2) is 0 Å². The number of aromatic nitrogens is 2. The second kappa shape index (κ2) is 5.11. The number of halogens is 3. The highest BCUT2D eigenvalue weighted by molar-refractivity contribution is 6.08. The molecule has 0 bridgehead atoms. The highest BCUT2D eigenvalue weighted by Crippen LogP contribution is 2.30. The summed E-state index contributed by atoms with van der Waals surface area (Å²) in [7, 11) is 0. The fourth-order valence-corrected chi connectivity index (χ4v) is 1.95. The third kappa shape index (κ3) is 2.74. The second-order valence-corrected chi connectivity index (χ2v) is 4.39. The van der Waals surface area contributed by atoms with Gasteiger partial charge in [0.1, 0.15) is 5.69 Å². The van der Waals surface area contributed by atoms with E-state index >= 15 is 0 Å². The van der Waals surface area contributed by atoms with E-state index in [0.717, 1.165) is 12.1 Å². The van der Waals surface area contributed by atoms with Crippen LogP contribution in [0.3, 0.4) is 0 Å². The van der Waals surface area contributed by atoms with Gasteiger partial charge in [0.2, 0.25) is 5.78 Å². The maximum absolute atomic E-state index is 12.7. The van der Waals surface area contributed by atoms with E-state index < -0.39 is 17.5 Å². The number of alkyl halides is 3. The van der Waals surface area contributed by atoms with Crippen molar-refractivity contribution in [3.05, 3.63) is 52.8 Å². The van der Waals surface area contributed by atoms with Crippen LogP contribution in [-0.2, 0) is 12.7 Å². The maximum Gasteiger partial charge on any atom is 0.416 e. The van der Waals surface area contributed by atoms with Gasteiger partial charge in [-0.15, -0.1) is 0 Å². The van der Waals surface area contributed by atoms with Gasteiger partial charge in [-0.05, 0) is 32.0 Å². The number of rotatable bonds is 3. The van der Waals surface area contributed by atoms with Crippen LogP contribution in [-0.4, -0.2) is 15.6 Å². The lowest BCUT2D eigenvalue weighted by molar-refractivity contribution is -0.137. The topological polar surface area (TPSA) is 34.9 Å². The number of benzene rings is 1. The zero-order chi connectivity index (χ0) is 14.9. The molecule has 0 fully saturated rings. The van der Waals surface area contributed by atoms with Crippen LogP contribution in [0.1, 0.15) is 34.2 Å². The molecule has 0 amide bonds. The smallest absolute Gasteiger partial charge is 0.287 e. The summed E-state index contributed by atoms with van der Waals surface area (Å²) in [6.07, 6.45) is -4.46. The van der Waals surface area contributed by atoms with Crippen molar-refractivity contribution >= 4 is 5.78 Å². The highest BCUT2D eigenvalue weighted by Gasteiger charge is 2.31. The molecule has 0 N–H and O–H groups in total. The van der Waals surface area contributed by atoms with Gasteiger partial charge in [0.25, 0.3) is 0 Å². The first kappa shape index (κ1) is 14.3. The zero-order valence-corrected chi connectivity index (χ0v) is 11.0. The first-order valence-corrected chi connectivity index (χ1v) is 6.09. The van der Waals surface area contributed by atoms with Crippen LogP contribution in [0.4, 0.5) is 13.2 Å². The van der Waals surface area contributed by atoms with Gasteiger partial charge in [-0.3, -0.25) is 9.48 Å². The molecule has 0 aliphatic rings. The molecule has 1 aromatic carbocycles. The van der Waals surface area contributed by atoms with E-state index in [2.05, 4.69) is 5.10 Å². The number of hydrogen-bond acceptors (Lipinski definition) is 2. The minimum Gasteiger partial charge on any atom is -0.287 e. The Labute approximate surface area is 114 Å². The largest absolute Gasteiger partial charge is 0.416 e. The van der Waals surface area contributed by atoms with Crippen molar-refractivity contribution < 1.29 is 18.0 Å². The number of nitrogens with zero attached hydrogens (tertiary/aromatic N) is 2. The van der Waals surface area contributed by atoms with Crippen molar-refractivity contribution in [2.45, 2.75) is 26.6 Å². The summed E-state index contributed by atoms with van der Waals surface area (Å²) in [6, 6.07) is 5.99. The van der Waals surface area contributed by atoms with Crippen molar-refractivity contribution in [1.29, 1.82) is 0 Å². The van der Waals surface area contributed by atoms with Crippen molar-refractivity contribution in [2.24, 2.45) is 0 Å². The van der Waals surface area contributed by atoms with Crippen LogP contribution in [0.5, 0.6) is 0 Å². The molecule has 0 radical (unpaired) electrons. The minimum absolute atomic E-state index is 0.00873. The number of carbonyl (C=O) groups is 1. The summed E-state index contributed by atoms with van der Waals surface area (Å²) in [5.74, 6) is -0.460. The Morgan fingerprint density at radius 2 is 2.00 bits per heavy atom. The fraction of sp³-hybridized carbons (Fsp3) is 0.286. The molecule has 0 saturated heterocycles. The molecule has 0 unspecified atom stereocenters. The lowest BCUT2D eigenvalue weighted by Gasteiger charge is -2.08. The van der Waals surface area contributed by atoms with E-state index in [9.17, 15) is 18.0 Å². The Hall–Kier alpha value is -2.11. The Bertz CT molecular complexity index is 644. The molecule has 0 spiro atoms. The molecule has 1 heterocycles. The molecule has 3 nitrogen and oxygen atoms in total. The summed E-state index contributed by atoms with van der Waals surface area (Å²) in [5.41, 5.74) is 0.128. The summed E-state index contributed by atoms with van der Waals surface area (Å²) >= 11 is 0. The highest BCUT2D eigenvalue weighted by atomic mass is 19.4. The average molecular weight is 282 g/mol. The summed E-state index contributed by atoms with van der Waals surface area (Å²) in [5, 5.41) is 4.12. The van der Waals surface area contributed by atoms with Crippen LogP contribution in [0.15, 0.2) is 30.3 Å². The van der Waals surface area contributed by atoms with Crippen molar-refractivity contribution in [3.63, 3.8) is 0 Å². The summed E-state index contributed by atoms with van der Waals surface area (Å²) in [4.78, 5) is 12.3. The third-order valence-electron chi connectivity index (χ3n) is 2.89. The van der Waals surface area contributed by atoms with Gasteiger partial charge in [0, 0.05) is 12.1 Å². The lowest BCUT2D eigenvalue weighted by atomic mass is 10.0. The van der Waals surface area contributed by atoms with Crippen LogP contribution >= 0.6 is 0 Å². The molecule has 6 heteroatoms. The van der Waals surface area contributed by atoms with E-state index in [-0.39, 0.29) is 5.56 Å². The number of hydrogen-bond donors (Lipinski definition) is 0. The minimum atomic E-state index is -4.46. The maximum atomic E-state index is 12.7. The third-order valence-corrected chi connectivity index (χ3v) is 2.89. The molecule has 0 aliphatic heterocycles. The van der Waals surface area contributed by atoms with Crippen LogP contribution < -0.4 is 0 Å². The van der Waals surface area contributed by atoms with Gasteiger partial charge in [-0.2, -0.15) is 18.3 Å². The van der Waals surface area contributed by atoms with Crippen molar-refractivity contribution in [2.75, 3.05) is 0 Å². The molecule has 0 aliphatic carbocycles. The molecule has 1 aromatic heterocycles. The number of ketones is 1. The zero-order valence-electron chi connectivity index (χ0n) is 11.0. The summed E-state index contributed by atoms with van der Waals surface area (Å²) < 4.78 is 39.4. The van der Waals surface area contributed by atoms with Gasteiger partial charge in [0.05, 0.1) is 11.3 Å². The molecule has 2 rings (SSSR count). The van der Waals surface area contributed by atoms with E-state index in [4.69, 9.17) is 0 Å². The van der Waals surface area contributed by atoms with Gasteiger partial charge < -0.3 is 0 Å². The SMILES string of the molecule is CCn1nc(C)cc1C(=O)c1cccc(C(F)(F)F)c1. The first-order chi connectivity index (χ1) is 9.32. The fourth-order valence-electron chi connectivity index (χ4n) is 1.95.